The van der Waals surface area contributed by atoms with Crippen LogP contribution in [0.15, 0.2) is 0 Å². The molecule has 0 aromatic heterocycles. The molecule has 0 aliphatic heterocycles. The molecule has 1 unspecified atom stereocenters. The molecule has 1 fully saturated rings. The van der Waals surface area contributed by atoms with Crippen LogP contribution in [-0.4, -0.2) is 11.7 Å². The molecule has 11 heavy (non-hydrogen) atoms. The molecule has 1 saturated carbocycles. The van der Waals surface area contributed by atoms with E-state index in [0.717, 1.165) is 5.92 Å². The molecule has 0 aromatic carbocycles. The Balaban J connectivity index is 2.42. The lowest BCUT2D eigenvalue weighted by Gasteiger charge is -2.26. The van der Waals surface area contributed by atoms with Gasteiger partial charge in [0.15, 0.2) is 0 Å². The molecule has 0 spiro atoms. The van der Waals surface area contributed by atoms with Crippen LogP contribution in [0.4, 0.5) is 0 Å². The van der Waals surface area contributed by atoms with Gasteiger partial charge in [-0.1, -0.05) is 20.8 Å². The molecule has 1 aliphatic carbocycles. The third kappa shape index (κ3) is 2.19. The van der Waals surface area contributed by atoms with E-state index >= 15 is 0 Å². The summed E-state index contributed by atoms with van der Waals surface area (Å²) in [6, 6.07) is 0. The largest absolute Gasteiger partial charge is 0.396 e. The Morgan fingerprint density at radius 1 is 1.27 bits per heavy atom. The van der Waals surface area contributed by atoms with E-state index in [-0.39, 0.29) is 0 Å². The van der Waals surface area contributed by atoms with Crippen molar-refractivity contribution in [3.05, 3.63) is 0 Å². The Labute approximate surface area is 69.8 Å². The highest BCUT2D eigenvalue weighted by atomic mass is 16.3. The van der Waals surface area contributed by atoms with Crippen LogP contribution in [0.25, 0.3) is 0 Å². The van der Waals surface area contributed by atoms with Crippen molar-refractivity contribution < 1.29 is 5.11 Å². The van der Waals surface area contributed by atoms with Crippen LogP contribution in [-0.2, 0) is 0 Å². The zero-order chi connectivity index (χ0) is 8.48. The van der Waals surface area contributed by atoms with E-state index in [1.54, 1.807) is 0 Å². The predicted molar refractivity (Wildman–Crippen MR) is 47.4 cm³/mol. The third-order valence-electron chi connectivity index (χ3n) is 3.02. The van der Waals surface area contributed by atoms with Crippen molar-refractivity contribution >= 4 is 0 Å². The predicted octanol–water partition coefficient (Wildman–Crippen LogP) is 2.44. The van der Waals surface area contributed by atoms with Gasteiger partial charge in [-0.25, -0.2) is 0 Å². The second-order valence-electron chi connectivity index (χ2n) is 4.92. The summed E-state index contributed by atoms with van der Waals surface area (Å²) in [7, 11) is 0. The van der Waals surface area contributed by atoms with Crippen LogP contribution >= 0.6 is 0 Å². The second-order valence-corrected chi connectivity index (χ2v) is 4.92. The SMILES string of the molecule is CC(C)(C)C1CC[C@@H](CO)C1. The molecule has 0 bridgehead atoms. The minimum absolute atomic E-state index is 0.395. The van der Waals surface area contributed by atoms with E-state index in [9.17, 15) is 0 Å². The second kappa shape index (κ2) is 3.14. The van der Waals surface area contributed by atoms with Crippen molar-refractivity contribution in [1.82, 2.24) is 0 Å². The molecule has 66 valence electrons. The normalized spacial score (nSPS) is 32.7. The third-order valence-corrected chi connectivity index (χ3v) is 3.02. The summed E-state index contributed by atoms with van der Waals surface area (Å²) in [5, 5.41) is 8.95. The molecule has 0 heterocycles. The lowest BCUT2D eigenvalue weighted by Crippen LogP contribution is -2.17. The minimum Gasteiger partial charge on any atom is -0.396 e. The number of rotatable bonds is 1. The van der Waals surface area contributed by atoms with Gasteiger partial charge in [-0.2, -0.15) is 0 Å². The summed E-state index contributed by atoms with van der Waals surface area (Å²) in [6.07, 6.45) is 3.78. The molecule has 1 N–H and O–H groups in total. The lowest BCUT2D eigenvalue weighted by molar-refractivity contribution is 0.201. The van der Waals surface area contributed by atoms with Gasteiger partial charge >= 0.3 is 0 Å². The smallest absolute Gasteiger partial charge is 0.0459 e. The van der Waals surface area contributed by atoms with Crippen molar-refractivity contribution in [2.45, 2.75) is 40.0 Å². The van der Waals surface area contributed by atoms with Crippen molar-refractivity contribution in [3.63, 3.8) is 0 Å². The first-order valence-corrected chi connectivity index (χ1v) is 4.65. The topological polar surface area (TPSA) is 20.2 Å². The molecule has 0 aromatic rings. The zero-order valence-electron chi connectivity index (χ0n) is 7.93. The summed E-state index contributed by atoms with van der Waals surface area (Å²) < 4.78 is 0. The van der Waals surface area contributed by atoms with Gasteiger partial charge in [0.1, 0.15) is 0 Å². The van der Waals surface area contributed by atoms with Crippen LogP contribution in [0.1, 0.15) is 40.0 Å². The van der Waals surface area contributed by atoms with Gasteiger partial charge < -0.3 is 5.11 Å². The highest BCUT2D eigenvalue weighted by Crippen LogP contribution is 2.41. The first kappa shape index (κ1) is 9.05. The van der Waals surface area contributed by atoms with Gasteiger partial charge in [0.2, 0.25) is 0 Å². The highest BCUT2D eigenvalue weighted by Gasteiger charge is 2.32. The number of aliphatic hydroxyl groups excluding tert-OH is 1. The van der Waals surface area contributed by atoms with Gasteiger partial charge in [0.05, 0.1) is 0 Å². The molecular weight excluding hydrogens is 136 g/mol. The Morgan fingerprint density at radius 3 is 2.18 bits per heavy atom. The summed E-state index contributed by atoms with van der Waals surface area (Å²) in [4.78, 5) is 0. The Morgan fingerprint density at radius 2 is 1.91 bits per heavy atom. The first-order valence-electron chi connectivity index (χ1n) is 4.65. The van der Waals surface area contributed by atoms with Gasteiger partial charge in [0, 0.05) is 6.61 Å². The minimum atomic E-state index is 0.395. The molecule has 1 nitrogen and oxygen atoms in total. The van der Waals surface area contributed by atoms with Gasteiger partial charge in [-0.3, -0.25) is 0 Å². The Kier molecular flexibility index (Phi) is 2.58. The maximum atomic E-state index is 8.95. The number of aliphatic hydroxyl groups is 1. The van der Waals surface area contributed by atoms with Crippen molar-refractivity contribution in [2.24, 2.45) is 17.3 Å². The molecule has 0 amide bonds. The van der Waals surface area contributed by atoms with Crippen LogP contribution in [0.3, 0.4) is 0 Å². The summed E-state index contributed by atoms with van der Waals surface area (Å²) in [5.74, 6) is 1.43. The van der Waals surface area contributed by atoms with E-state index in [1.165, 1.54) is 19.3 Å². The fourth-order valence-electron chi connectivity index (χ4n) is 2.03. The van der Waals surface area contributed by atoms with Crippen LogP contribution in [0.5, 0.6) is 0 Å². The monoisotopic (exact) mass is 156 g/mol. The molecule has 2 atom stereocenters. The summed E-state index contributed by atoms with van der Waals surface area (Å²) >= 11 is 0. The van der Waals surface area contributed by atoms with E-state index in [4.69, 9.17) is 5.11 Å². The van der Waals surface area contributed by atoms with E-state index in [0.29, 0.717) is 17.9 Å². The van der Waals surface area contributed by atoms with Gasteiger partial charge in [-0.05, 0) is 36.5 Å². The van der Waals surface area contributed by atoms with Crippen molar-refractivity contribution in [3.8, 4) is 0 Å². The molecule has 0 saturated heterocycles. The van der Waals surface area contributed by atoms with E-state index in [1.807, 2.05) is 0 Å². The van der Waals surface area contributed by atoms with Crippen molar-refractivity contribution in [2.75, 3.05) is 6.61 Å². The first-order chi connectivity index (χ1) is 5.04. The average molecular weight is 156 g/mol. The van der Waals surface area contributed by atoms with Crippen molar-refractivity contribution in [1.29, 1.82) is 0 Å². The highest BCUT2D eigenvalue weighted by molar-refractivity contribution is 4.82. The molecule has 1 aliphatic rings. The quantitative estimate of drug-likeness (QED) is 0.618. The fraction of sp³-hybridized carbons (Fsp3) is 1.00. The lowest BCUT2D eigenvalue weighted by atomic mass is 9.79. The van der Waals surface area contributed by atoms with E-state index < -0.39 is 0 Å². The number of hydrogen-bond acceptors (Lipinski definition) is 1. The standard InChI is InChI=1S/C10H20O/c1-10(2,3)9-5-4-8(6-9)7-11/h8-9,11H,4-7H2,1-3H3/t8-,9?/m1/s1. The van der Waals surface area contributed by atoms with E-state index in [2.05, 4.69) is 20.8 Å². The van der Waals surface area contributed by atoms with Gasteiger partial charge in [-0.15, -0.1) is 0 Å². The molecule has 1 heteroatoms. The molecule has 1 rings (SSSR count). The maximum absolute atomic E-state index is 8.95. The molecular formula is C10H20O. The summed E-state index contributed by atoms with van der Waals surface area (Å²) in [6.45, 7) is 7.30. The van der Waals surface area contributed by atoms with Gasteiger partial charge in [0.25, 0.3) is 0 Å². The average Bonchev–Trinajstić information content (AvgIpc) is 2.32. The Bertz CT molecular complexity index is 123. The van der Waals surface area contributed by atoms with Crippen LogP contribution in [0, 0.1) is 17.3 Å². The Hall–Kier alpha value is -0.0400. The van der Waals surface area contributed by atoms with Crippen LogP contribution < -0.4 is 0 Å². The summed E-state index contributed by atoms with van der Waals surface area (Å²) in [5.41, 5.74) is 0.448. The van der Waals surface area contributed by atoms with Crippen LogP contribution in [0.2, 0.25) is 0 Å². The zero-order valence-corrected chi connectivity index (χ0v) is 7.93. The fourth-order valence-corrected chi connectivity index (χ4v) is 2.03. The number of hydrogen-bond donors (Lipinski definition) is 1. The molecule has 0 radical (unpaired) electrons. The maximum Gasteiger partial charge on any atom is 0.0459 e.